The van der Waals surface area contributed by atoms with E-state index in [1.807, 2.05) is 6.07 Å². The van der Waals surface area contributed by atoms with Crippen molar-refractivity contribution in [3.8, 4) is 11.5 Å². The minimum absolute atomic E-state index is 0.124. The number of rotatable bonds is 4. The third-order valence-corrected chi connectivity index (χ3v) is 4.47. The number of halogens is 2. The molecule has 1 amide bonds. The molecule has 6 heteroatoms. The van der Waals surface area contributed by atoms with Crippen LogP contribution in [0.15, 0.2) is 36.4 Å². The van der Waals surface area contributed by atoms with Crippen molar-refractivity contribution >= 4 is 5.91 Å². The lowest BCUT2D eigenvalue weighted by molar-refractivity contribution is 0.0729. The molecule has 132 valence electrons. The highest BCUT2D eigenvalue weighted by Gasteiger charge is 2.33. The summed E-state index contributed by atoms with van der Waals surface area (Å²) in [6, 6.07) is 8.20. The average Bonchev–Trinajstić information content (AvgIpc) is 3.10. The average molecular weight is 347 g/mol. The van der Waals surface area contributed by atoms with Gasteiger partial charge in [-0.2, -0.15) is 0 Å². The Hall–Kier alpha value is -2.63. The largest absolute Gasteiger partial charge is 0.497 e. The van der Waals surface area contributed by atoms with Crippen LogP contribution >= 0.6 is 0 Å². The van der Waals surface area contributed by atoms with Crippen molar-refractivity contribution in [2.75, 3.05) is 20.8 Å². The van der Waals surface area contributed by atoms with E-state index < -0.39 is 17.5 Å². The molecule has 1 aliphatic heterocycles. The van der Waals surface area contributed by atoms with Gasteiger partial charge in [0.25, 0.3) is 5.91 Å². The zero-order valence-corrected chi connectivity index (χ0v) is 14.1. The van der Waals surface area contributed by atoms with Gasteiger partial charge < -0.3 is 14.4 Å². The molecule has 2 aromatic rings. The summed E-state index contributed by atoms with van der Waals surface area (Å²) in [6.45, 7) is 0.509. The molecule has 0 aliphatic carbocycles. The van der Waals surface area contributed by atoms with Gasteiger partial charge in [-0.1, -0.05) is 0 Å². The summed E-state index contributed by atoms with van der Waals surface area (Å²) in [4.78, 5) is 14.4. The number of methoxy groups -OCH3 is 2. The van der Waals surface area contributed by atoms with Crippen LogP contribution in [0, 0.1) is 11.6 Å². The second kappa shape index (κ2) is 7.09. The molecular formula is C19H19F2NO3. The van der Waals surface area contributed by atoms with Gasteiger partial charge in [0, 0.05) is 24.2 Å². The Kier molecular flexibility index (Phi) is 4.88. The van der Waals surface area contributed by atoms with Crippen LogP contribution in [-0.4, -0.2) is 31.6 Å². The van der Waals surface area contributed by atoms with Gasteiger partial charge in [-0.25, -0.2) is 8.78 Å². The van der Waals surface area contributed by atoms with Crippen molar-refractivity contribution in [3.63, 3.8) is 0 Å². The molecule has 1 aliphatic rings. The zero-order valence-electron chi connectivity index (χ0n) is 14.1. The standard InChI is InChI=1S/C19H19F2NO3/c1-24-13-6-8-15(18(11-13)25-2)17-4-3-9-22(17)19(23)14-7-5-12(20)10-16(14)21/h5-8,10-11,17H,3-4,9H2,1-2H3. The zero-order chi connectivity index (χ0) is 18.0. The molecule has 1 atom stereocenters. The lowest BCUT2D eigenvalue weighted by atomic mass is 10.0. The van der Waals surface area contributed by atoms with Gasteiger partial charge in [-0.3, -0.25) is 4.79 Å². The van der Waals surface area contributed by atoms with Crippen molar-refractivity contribution in [2.24, 2.45) is 0 Å². The number of amides is 1. The quantitative estimate of drug-likeness (QED) is 0.840. The number of carbonyl (C=O) groups is 1. The maximum atomic E-state index is 14.0. The molecule has 0 N–H and O–H groups in total. The van der Waals surface area contributed by atoms with E-state index in [0.717, 1.165) is 30.5 Å². The predicted octanol–water partition coefficient (Wildman–Crippen LogP) is 3.96. The molecule has 0 aromatic heterocycles. The van der Waals surface area contributed by atoms with E-state index in [4.69, 9.17) is 9.47 Å². The molecule has 1 fully saturated rings. The number of carbonyl (C=O) groups excluding carboxylic acids is 1. The topological polar surface area (TPSA) is 38.8 Å². The van der Waals surface area contributed by atoms with E-state index in [-0.39, 0.29) is 11.6 Å². The highest BCUT2D eigenvalue weighted by Crippen LogP contribution is 2.39. The fourth-order valence-corrected chi connectivity index (χ4v) is 3.24. The molecule has 2 aromatic carbocycles. The summed E-state index contributed by atoms with van der Waals surface area (Å²) in [6.07, 6.45) is 1.55. The first-order valence-corrected chi connectivity index (χ1v) is 8.03. The smallest absolute Gasteiger partial charge is 0.257 e. The first kappa shape index (κ1) is 17.2. The summed E-state index contributed by atoms with van der Waals surface area (Å²) in [5.41, 5.74) is 0.720. The summed E-state index contributed by atoms with van der Waals surface area (Å²) < 4.78 is 37.7. The van der Waals surface area contributed by atoms with Crippen molar-refractivity contribution in [1.29, 1.82) is 0 Å². The lowest BCUT2D eigenvalue weighted by Crippen LogP contribution is -2.31. The molecule has 0 radical (unpaired) electrons. The van der Waals surface area contributed by atoms with E-state index in [2.05, 4.69) is 0 Å². The second-order valence-corrected chi connectivity index (χ2v) is 5.89. The number of likely N-dealkylation sites (tertiary alicyclic amines) is 1. The summed E-state index contributed by atoms with van der Waals surface area (Å²) in [5.74, 6) is -0.733. The Labute approximate surface area is 145 Å². The van der Waals surface area contributed by atoms with Gasteiger partial charge in [0.2, 0.25) is 0 Å². The lowest BCUT2D eigenvalue weighted by Gasteiger charge is -2.26. The molecule has 25 heavy (non-hydrogen) atoms. The normalized spacial score (nSPS) is 16.8. The van der Waals surface area contributed by atoms with Gasteiger partial charge in [0.05, 0.1) is 25.8 Å². The molecule has 0 saturated carbocycles. The number of hydrogen-bond acceptors (Lipinski definition) is 3. The van der Waals surface area contributed by atoms with Crippen LogP contribution < -0.4 is 9.47 Å². The van der Waals surface area contributed by atoms with Gasteiger partial charge in [-0.15, -0.1) is 0 Å². The van der Waals surface area contributed by atoms with Gasteiger partial charge in [-0.05, 0) is 37.1 Å². The van der Waals surface area contributed by atoms with E-state index in [9.17, 15) is 13.6 Å². The fraction of sp³-hybridized carbons (Fsp3) is 0.316. The van der Waals surface area contributed by atoms with E-state index in [1.54, 1.807) is 31.3 Å². The third kappa shape index (κ3) is 3.29. The molecular weight excluding hydrogens is 328 g/mol. The van der Waals surface area contributed by atoms with Crippen molar-refractivity contribution in [3.05, 3.63) is 59.2 Å². The molecule has 0 spiro atoms. The van der Waals surface area contributed by atoms with Crippen LogP contribution in [0.4, 0.5) is 8.78 Å². The van der Waals surface area contributed by atoms with Crippen LogP contribution in [0.2, 0.25) is 0 Å². The van der Waals surface area contributed by atoms with Crippen molar-refractivity contribution in [2.45, 2.75) is 18.9 Å². The van der Waals surface area contributed by atoms with Gasteiger partial charge >= 0.3 is 0 Å². The predicted molar refractivity (Wildman–Crippen MR) is 88.9 cm³/mol. The Balaban J connectivity index is 1.94. The molecule has 1 saturated heterocycles. The highest BCUT2D eigenvalue weighted by molar-refractivity contribution is 5.95. The van der Waals surface area contributed by atoms with E-state index in [0.29, 0.717) is 18.0 Å². The summed E-state index contributed by atoms with van der Waals surface area (Å²) in [7, 11) is 3.12. The maximum Gasteiger partial charge on any atom is 0.257 e. The Morgan fingerprint density at radius 1 is 1.12 bits per heavy atom. The SMILES string of the molecule is COc1ccc(C2CCCN2C(=O)c2ccc(F)cc2F)c(OC)c1. The molecule has 3 rings (SSSR count). The van der Waals surface area contributed by atoms with Crippen LogP contribution in [0.25, 0.3) is 0 Å². The minimum Gasteiger partial charge on any atom is -0.497 e. The minimum atomic E-state index is -0.850. The maximum absolute atomic E-state index is 14.0. The number of hydrogen-bond donors (Lipinski definition) is 0. The van der Waals surface area contributed by atoms with Crippen LogP contribution in [0.5, 0.6) is 11.5 Å². The number of benzene rings is 2. The van der Waals surface area contributed by atoms with Gasteiger partial charge in [0.15, 0.2) is 0 Å². The molecule has 0 bridgehead atoms. The van der Waals surface area contributed by atoms with Crippen LogP contribution in [0.1, 0.15) is 34.8 Å². The highest BCUT2D eigenvalue weighted by atomic mass is 19.1. The monoisotopic (exact) mass is 347 g/mol. The third-order valence-electron chi connectivity index (χ3n) is 4.47. The first-order chi connectivity index (χ1) is 12.0. The first-order valence-electron chi connectivity index (χ1n) is 8.03. The Morgan fingerprint density at radius 2 is 1.92 bits per heavy atom. The van der Waals surface area contributed by atoms with E-state index >= 15 is 0 Å². The van der Waals surface area contributed by atoms with Crippen molar-refractivity contribution < 1.29 is 23.0 Å². The summed E-state index contributed by atoms with van der Waals surface area (Å²) >= 11 is 0. The molecule has 4 nitrogen and oxygen atoms in total. The van der Waals surface area contributed by atoms with E-state index in [1.165, 1.54) is 6.07 Å². The van der Waals surface area contributed by atoms with Crippen LogP contribution in [-0.2, 0) is 0 Å². The molecule has 1 unspecified atom stereocenters. The fourth-order valence-electron chi connectivity index (χ4n) is 3.24. The number of nitrogens with zero attached hydrogens (tertiary/aromatic N) is 1. The molecule has 1 heterocycles. The van der Waals surface area contributed by atoms with Gasteiger partial charge in [0.1, 0.15) is 23.1 Å². The Morgan fingerprint density at radius 3 is 2.60 bits per heavy atom. The summed E-state index contributed by atoms with van der Waals surface area (Å²) in [5, 5.41) is 0. The second-order valence-electron chi connectivity index (χ2n) is 5.89. The Bertz CT molecular complexity index is 794. The van der Waals surface area contributed by atoms with Crippen molar-refractivity contribution in [1.82, 2.24) is 4.90 Å². The van der Waals surface area contributed by atoms with Crippen LogP contribution in [0.3, 0.4) is 0 Å². The number of ether oxygens (including phenoxy) is 2.